The van der Waals surface area contributed by atoms with Gasteiger partial charge in [0.15, 0.2) is 0 Å². The van der Waals surface area contributed by atoms with Crippen molar-refractivity contribution in [2.24, 2.45) is 0 Å². The first-order valence-electron chi connectivity index (χ1n) is 5.30. The molecule has 1 atom stereocenters. The Labute approximate surface area is 93.8 Å². The predicted octanol–water partition coefficient (Wildman–Crippen LogP) is 1.81. The molecule has 2 heterocycles. The van der Waals surface area contributed by atoms with E-state index in [9.17, 15) is 4.79 Å². The summed E-state index contributed by atoms with van der Waals surface area (Å²) in [5.74, 6) is 0. The fourth-order valence-corrected chi connectivity index (χ4v) is 1.54. The van der Waals surface area contributed by atoms with Crippen molar-refractivity contribution < 1.29 is 14.3 Å². The minimum absolute atomic E-state index is 0.0552. The molecule has 0 bridgehead atoms. The largest absolute Gasteiger partial charge is 0.447 e. The maximum atomic E-state index is 11.4. The van der Waals surface area contributed by atoms with E-state index in [2.05, 4.69) is 10.3 Å². The quantitative estimate of drug-likeness (QED) is 0.847. The van der Waals surface area contributed by atoms with Crippen LogP contribution < -0.4 is 5.32 Å². The molecule has 1 aromatic rings. The van der Waals surface area contributed by atoms with Crippen LogP contribution in [0.5, 0.6) is 0 Å². The zero-order valence-electron chi connectivity index (χ0n) is 8.89. The Morgan fingerprint density at radius 3 is 3.31 bits per heavy atom. The van der Waals surface area contributed by atoms with E-state index in [4.69, 9.17) is 9.47 Å². The zero-order chi connectivity index (χ0) is 11.2. The average Bonchev–Trinajstić information content (AvgIpc) is 2.81. The number of anilines is 1. The summed E-state index contributed by atoms with van der Waals surface area (Å²) in [5.41, 5.74) is 0.625. The van der Waals surface area contributed by atoms with Crippen molar-refractivity contribution in [1.29, 1.82) is 0 Å². The van der Waals surface area contributed by atoms with Gasteiger partial charge in [0.2, 0.25) is 0 Å². The molecular weight excluding hydrogens is 208 g/mol. The van der Waals surface area contributed by atoms with Gasteiger partial charge in [0.1, 0.15) is 6.61 Å². The van der Waals surface area contributed by atoms with Gasteiger partial charge in [-0.2, -0.15) is 0 Å². The lowest BCUT2D eigenvalue weighted by Crippen LogP contribution is -2.21. The number of aromatic nitrogens is 1. The molecule has 5 nitrogen and oxygen atoms in total. The van der Waals surface area contributed by atoms with Crippen LogP contribution >= 0.6 is 0 Å². The van der Waals surface area contributed by atoms with Crippen LogP contribution in [0.1, 0.15) is 12.8 Å². The molecule has 1 fully saturated rings. The first-order valence-corrected chi connectivity index (χ1v) is 5.30. The highest BCUT2D eigenvalue weighted by molar-refractivity contribution is 5.84. The SMILES string of the molecule is O=C(Nc1cccnc1)OC[C@H]1CCCO1. The number of pyridine rings is 1. The Hall–Kier alpha value is -1.62. The van der Waals surface area contributed by atoms with E-state index in [1.54, 1.807) is 24.5 Å². The first-order chi connectivity index (χ1) is 7.84. The van der Waals surface area contributed by atoms with Gasteiger partial charge in [0.05, 0.1) is 18.0 Å². The third-order valence-electron chi connectivity index (χ3n) is 2.33. The summed E-state index contributed by atoms with van der Waals surface area (Å²) in [6.07, 6.45) is 4.79. The van der Waals surface area contributed by atoms with Crippen LogP contribution in [-0.2, 0) is 9.47 Å². The molecule has 0 radical (unpaired) electrons. The first kappa shape index (κ1) is 10.9. The van der Waals surface area contributed by atoms with Crippen molar-refractivity contribution in [2.75, 3.05) is 18.5 Å². The maximum absolute atomic E-state index is 11.4. The standard InChI is InChI=1S/C11H14N2O3/c14-11(13-9-3-1-5-12-7-9)16-8-10-4-2-6-15-10/h1,3,5,7,10H,2,4,6,8H2,(H,13,14)/t10-/m1/s1. The highest BCUT2D eigenvalue weighted by atomic mass is 16.6. The molecular formula is C11H14N2O3. The molecule has 1 aliphatic heterocycles. The Bertz CT molecular complexity index is 336. The molecule has 0 aliphatic carbocycles. The molecule has 1 amide bonds. The topological polar surface area (TPSA) is 60.5 Å². The normalized spacial score (nSPS) is 19.4. The van der Waals surface area contributed by atoms with E-state index < -0.39 is 6.09 Å². The van der Waals surface area contributed by atoms with Crippen molar-refractivity contribution in [1.82, 2.24) is 4.98 Å². The molecule has 0 spiro atoms. The number of nitrogens with one attached hydrogen (secondary N) is 1. The lowest BCUT2D eigenvalue weighted by atomic mass is 10.2. The fraction of sp³-hybridized carbons (Fsp3) is 0.455. The highest BCUT2D eigenvalue weighted by Crippen LogP contribution is 2.12. The molecule has 1 aromatic heterocycles. The van der Waals surface area contributed by atoms with Gasteiger partial charge in [-0.1, -0.05) is 0 Å². The smallest absolute Gasteiger partial charge is 0.411 e. The summed E-state index contributed by atoms with van der Waals surface area (Å²) in [6, 6.07) is 3.50. The number of rotatable bonds is 3. The van der Waals surface area contributed by atoms with Crippen LogP contribution in [0.2, 0.25) is 0 Å². The molecule has 1 saturated heterocycles. The van der Waals surface area contributed by atoms with Gasteiger partial charge in [-0.05, 0) is 25.0 Å². The van der Waals surface area contributed by atoms with Crippen LogP contribution in [0.3, 0.4) is 0 Å². The molecule has 16 heavy (non-hydrogen) atoms. The van der Waals surface area contributed by atoms with Crippen LogP contribution in [0.15, 0.2) is 24.5 Å². The van der Waals surface area contributed by atoms with Crippen molar-refractivity contribution in [3.8, 4) is 0 Å². The summed E-state index contributed by atoms with van der Waals surface area (Å²) < 4.78 is 10.4. The van der Waals surface area contributed by atoms with Gasteiger partial charge in [-0.15, -0.1) is 0 Å². The second kappa shape index (κ2) is 5.46. The molecule has 1 aliphatic rings. The van der Waals surface area contributed by atoms with Gasteiger partial charge < -0.3 is 9.47 Å². The van der Waals surface area contributed by atoms with Gasteiger partial charge in [-0.3, -0.25) is 10.3 Å². The Kier molecular flexibility index (Phi) is 3.71. The van der Waals surface area contributed by atoms with E-state index in [0.717, 1.165) is 19.4 Å². The molecule has 1 N–H and O–H groups in total. The van der Waals surface area contributed by atoms with E-state index in [0.29, 0.717) is 12.3 Å². The number of hydrogen-bond acceptors (Lipinski definition) is 4. The third kappa shape index (κ3) is 3.20. The average molecular weight is 222 g/mol. The lowest BCUT2D eigenvalue weighted by Gasteiger charge is -2.10. The molecule has 0 aromatic carbocycles. The van der Waals surface area contributed by atoms with Crippen molar-refractivity contribution in [3.05, 3.63) is 24.5 Å². The molecule has 0 saturated carbocycles. The van der Waals surface area contributed by atoms with Gasteiger partial charge >= 0.3 is 6.09 Å². The highest BCUT2D eigenvalue weighted by Gasteiger charge is 2.17. The summed E-state index contributed by atoms with van der Waals surface area (Å²) >= 11 is 0. The van der Waals surface area contributed by atoms with Crippen molar-refractivity contribution in [2.45, 2.75) is 18.9 Å². The number of carbonyl (C=O) groups is 1. The van der Waals surface area contributed by atoms with Gasteiger partial charge in [0, 0.05) is 12.8 Å². The van der Waals surface area contributed by atoms with E-state index in [1.807, 2.05) is 0 Å². The number of ether oxygens (including phenoxy) is 2. The monoisotopic (exact) mass is 222 g/mol. The van der Waals surface area contributed by atoms with Crippen LogP contribution in [0.25, 0.3) is 0 Å². The van der Waals surface area contributed by atoms with Crippen LogP contribution in [0, 0.1) is 0 Å². The van der Waals surface area contributed by atoms with Crippen LogP contribution in [0.4, 0.5) is 10.5 Å². The number of nitrogens with zero attached hydrogens (tertiary/aromatic N) is 1. The van der Waals surface area contributed by atoms with Crippen LogP contribution in [-0.4, -0.2) is 30.4 Å². The molecule has 2 rings (SSSR count). The molecule has 86 valence electrons. The molecule has 0 unspecified atom stereocenters. The summed E-state index contributed by atoms with van der Waals surface area (Å²) in [4.78, 5) is 15.2. The second-order valence-electron chi connectivity index (χ2n) is 3.60. The maximum Gasteiger partial charge on any atom is 0.411 e. The summed E-state index contributed by atoms with van der Waals surface area (Å²) in [5, 5.41) is 2.59. The van der Waals surface area contributed by atoms with E-state index >= 15 is 0 Å². The Balaban J connectivity index is 1.72. The van der Waals surface area contributed by atoms with Crippen molar-refractivity contribution >= 4 is 11.8 Å². The number of carbonyl (C=O) groups excluding carboxylic acids is 1. The molecule has 5 heteroatoms. The zero-order valence-corrected chi connectivity index (χ0v) is 8.89. The Morgan fingerprint density at radius 2 is 2.62 bits per heavy atom. The second-order valence-corrected chi connectivity index (χ2v) is 3.60. The van der Waals surface area contributed by atoms with E-state index in [-0.39, 0.29) is 6.10 Å². The minimum atomic E-state index is -0.469. The lowest BCUT2D eigenvalue weighted by molar-refractivity contribution is 0.0484. The predicted molar refractivity (Wildman–Crippen MR) is 58.2 cm³/mol. The summed E-state index contributed by atoms with van der Waals surface area (Å²) in [7, 11) is 0. The number of hydrogen-bond donors (Lipinski definition) is 1. The van der Waals surface area contributed by atoms with E-state index in [1.165, 1.54) is 0 Å². The summed E-state index contributed by atoms with van der Waals surface area (Å²) in [6.45, 7) is 1.07. The fourth-order valence-electron chi connectivity index (χ4n) is 1.54. The van der Waals surface area contributed by atoms with Crippen molar-refractivity contribution in [3.63, 3.8) is 0 Å². The number of amides is 1. The third-order valence-corrected chi connectivity index (χ3v) is 2.33. The van der Waals surface area contributed by atoms with Gasteiger partial charge in [0.25, 0.3) is 0 Å². The van der Waals surface area contributed by atoms with Gasteiger partial charge in [-0.25, -0.2) is 4.79 Å². The minimum Gasteiger partial charge on any atom is -0.447 e. The Morgan fingerprint density at radius 1 is 1.69 bits per heavy atom.